The van der Waals surface area contributed by atoms with Crippen LogP contribution in [0.1, 0.15) is 18.9 Å². The van der Waals surface area contributed by atoms with Crippen LogP contribution >= 0.6 is 11.6 Å². The van der Waals surface area contributed by atoms with Crippen LogP contribution in [0.2, 0.25) is 5.02 Å². The summed E-state index contributed by atoms with van der Waals surface area (Å²) in [4.78, 5) is 20.7. The molecule has 0 aliphatic carbocycles. The number of halogens is 1. The zero-order valence-corrected chi connectivity index (χ0v) is 9.77. The third-order valence-electron chi connectivity index (χ3n) is 2.31. The lowest BCUT2D eigenvalue weighted by Crippen LogP contribution is -2.36. The van der Waals surface area contributed by atoms with Crippen molar-refractivity contribution in [3.63, 3.8) is 0 Å². The second-order valence-electron chi connectivity index (χ2n) is 3.88. The zero-order valence-electron chi connectivity index (χ0n) is 9.01. The molecule has 0 aliphatic rings. The maximum atomic E-state index is 10.7. The lowest BCUT2D eigenvalue weighted by Gasteiger charge is -2.23. The Morgan fingerprint density at radius 3 is 2.71 bits per heavy atom. The number of carbonyl (C=O) groups is 1. The van der Waals surface area contributed by atoms with E-state index in [0.717, 1.165) is 0 Å². The van der Waals surface area contributed by atoms with E-state index in [1.54, 1.807) is 0 Å². The van der Waals surface area contributed by atoms with E-state index in [4.69, 9.17) is 22.4 Å². The van der Waals surface area contributed by atoms with Gasteiger partial charge < -0.3 is 10.8 Å². The van der Waals surface area contributed by atoms with E-state index < -0.39 is 16.4 Å². The highest BCUT2D eigenvalue weighted by molar-refractivity contribution is 6.33. The molecule has 3 N–H and O–H groups in total. The Balaban J connectivity index is 3.27. The zero-order chi connectivity index (χ0) is 13.2. The van der Waals surface area contributed by atoms with Crippen molar-refractivity contribution in [3.05, 3.63) is 38.9 Å². The summed E-state index contributed by atoms with van der Waals surface area (Å²) in [6.07, 6.45) is -0.367. The molecule has 6 nitrogen and oxygen atoms in total. The molecule has 1 atom stereocenters. The van der Waals surface area contributed by atoms with Crippen LogP contribution in [-0.4, -0.2) is 16.0 Å². The van der Waals surface area contributed by atoms with Crippen LogP contribution in [-0.2, 0) is 10.3 Å². The topological polar surface area (TPSA) is 106 Å². The Morgan fingerprint density at radius 2 is 2.24 bits per heavy atom. The van der Waals surface area contributed by atoms with Crippen molar-refractivity contribution in [1.82, 2.24) is 0 Å². The number of carboxylic acid groups (broad SMARTS) is 1. The number of aliphatic carboxylic acids is 1. The Labute approximate surface area is 102 Å². The van der Waals surface area contributed by atoms with Crippen molar-refractivity contribution in [1.29, 1.82) is 0 Å². The number of hydrogen-bond acceptors (Lipinski definition) is 4. The maximum Gasteiger partial charge on any atom is 0.305 e. The van der Waals surface area contributed by atoms with Crippen molar-refractivity contribution < 1.29 is 14.8 Å². The quantitative estimate of drug-likeness (QED) is 0.633. The van der Waals surface area contributed by atoms with E-state index in [1.165, 1.54) is 25.1 Å². The molecule has 0 spiro atoms. The first-order valence-electron chi connectivity index (χ1n) is 4.70. The first kappa shape index (κ1) is 13.4. The summed E-state index contributed by atoms with van der Waals surface area (Å²) in [5.41, 5.74) is 4.53. The summed E-state index contributed by atoms with van der Waals surface area (Å²) < 4.78 is 0. The van der Waals surface area contributed by atoms with Gasteiger partial charge in [0.2, 0.25) is 0 Å². The highest BCUT2D eigenvalue weighted by Crippen LogP contribution is 2.34. The monoisotopic (exact) mass is 258 g/mol. The number of nitro benzene ring substituents is 1. The van der Waals surface area contributed by atoms with Crippen LogP contribution in [0.5, 0.6) is 0 Å². The number of nitrogens with two attached hydrogens (primary N) is 1. The van der Waals surface area contributed by atoms with Gasteiger partial charge in [-0.3, -0.25) is 14.9 Å². The van der Waals surface area contributed by atoms with Crippen LogP contribution in [0.4, 0.5) is 5.69 Å². The third kappa shape index (κ3) is 2.92. The van der Waals surface area contributed by atoms with Gasteiger partial charge in [0.05, 0.1) is 16.9 Å². The highest BCUT2D eigenvalue weighted by Gasteiger charge is 2.30. The Bertz CT molecular complexity index is 473. The predicted octanol–water partition coefficient (Wildman–Crippen LogP) is 1.90. The van der Waals surface area contributed by atoms with Gasteiger partial charge in [-0.05, 0) is 12.5 Å². The van der Waals surface area contributed by atoms with Crippen molar-refractivity contribution >= 4 is 23.3 Å². The standard InChI is InChI=1S/C10H11ClN2O4/c1-10(12,5-8(14)15)6-3-2-4-7(9(6)11)13(16)17/h2-4H,5,12H2,1H3,(H,14,15). The summed E-state index contributed by atoms with van der Waals surface area (Å²) >= 11 is 5.86. The van der Waals surface area contributed by atoms with Crippen molar-refractivity contribution in [2.24, 2.45) is 5.73 Å². The number of nitro groups is 1. The normalized spacial score (nSPS) is 14.1. The fourth-order valence-corrected chi connectivity index (χ4v) is 1.92. The van der Waals surface area contributed by atoms with Crippen LogP contribution in [0.25, 0.3) is 0 Å². The SMILES string of the molecule is CC(N)(CC(=O)O)c1cccc([N+](=O)[O-])c1Cl. The van der Waals surface area contributed by atoms with Gasteiger partial charge in [0, 0.05) is 6.07 Å². The molecule has 0 aromatic heterocycles. The minimum absolute atomic E-state index is 0.122. The van der Waals surface area contributed by atoms with Gasteiger partial charge in [0.25, 0.3) is 5.69 Å². The first-order chi connectivity index (χ1) is 7.75. The summed E-state index contributed by atoms with van der Waals surface area (Å²) in [6.45, 7) is 1.46. The molecule has 1 rings (SSSR count). The average molecular weight is 259 g/mol. The van der Waals surface area contributed by atoms with E-state index in [1.807, 2.05) is 0 Å². The molecule has 0 radical (unpaired) electrons. The molecular formula is C10H11ClN2O4. The van der Waals surface area contributed by atoms with Crippen molar-refractivity contribution in [2.45, 2.75) is 18.9 Å². The molecule has 0 saturated carbocycles. The molecule has 92 valence electrons. The van der Waals surface area contributed by atoms with E-state index >= 15 is 0 Å². The van der Waals surface area contributed by atoms with Gasteiger partial charge in [0.15, 0.2) is 0 Å². The molecule has 0 bridgehead atoms. The molecule has 0 fully saturated rings. The minimum Gasteiger partial charge on any atom is -0.481 e. The number of hydrogen-bond donors (Lipinski definition) is 2. The molecule has 1 aromatic carbocycles. The fraction of sp³-hybridized carbons (Fsp3) is 0.300. The largest absolute Gasteiger partial charge is 0.481 e. The lowest BCUT2D eigenvalue weighted by molar-refractivity contribution is -0.384. The Kier molecular flexibility index (Phi) is 3.69. The maximum absolute atomic E-state index is 10.7. The molecule has 0 saturated heterocycles. The van der Waals surface area contributed by atoms with Gasteiger partial charge in [-0.2, -0.15) is 0 Å². The van der Waals surface area contributed by atoms with Crippen molar-refractivity contribution in [3.8, 4) is 0 Å². The minimum atomic E-state index is -1.26. The molecule has 0 heterocycles. The molecule has 7 heteroatoms. The molecular weight excluding hydrogens is 248 g/mol. The summed E-state index contributed by atoms with van der Waals surface area (Å²) in [5.74, 6) is -1.10. The van der Waals surface area contributed by atoms with Crippen LogP contribution in [0.15, 0.2) is 18.2 Å². The summed E-state index contributed by atoms with van der Waals surface area (Å²) in [7, 11) is 0. The second-order valence-corrected chi connectivity index (χ2v) is 4.26. The van der Waals surface area contributed by atoms with E-state index in [2.05, 4.69) is 0 Å². The van der Waals surface area contributed by atoms with E-state index in [9.17, 15) is 14.9 Å². The number of nitrogens with zero attached hydrogens (tertiary/aromatic N) is 1. The molecule has 1 unspecified atom stereocenters. The van der Waals surface area contributed by atoms with Crippen LogP contribution in [0, 0.1) is 10.1 Å². The number of benzene rings is 1. The smallest absolute Gasteiger partial charge is 0.305 e. The summed E-state index contributed by atoms with van der Waals surface area (Å²) in [5, 5.41) is 19.3. The number of carboxylic acids is 1. The van der Waals surface area contributed by atoms with E-state index in [0.29, 0.717) is 0 Å². The van der Waals surface area contributed by atoms with Crippen LogP contribution in [0.3, 0.4) is 0 Å². The van der Waals surface area contributed by atoms with Gasteiger partial charge in [-0.15, -0.1) is 0 Å². The fourth-order valence-electron chi connectivity index (χ4n) is 1.51. The highest BCUT2D eigenvalue weighted by atomic mass is 35.5. The second kappa shape index (κ2) is 4.68. The van der Waals surface area contributed by atoms with Gasteiger partial charge in [-0.1, -0.05) is 23.7 Å². The van der Waals surface area contributed by atoms with Gasteiger partial charge >= 0.3 is 5.97 Å². The first-order valence-corrected chi connectivity index (χ1v) is 5.07. The third-order valence-corrected chi connectivity index (χ3v) is 2.71. The van der Waals surface area contributed by atoms with Gasteiger partial charge in [0.1, 0.15) is 5.02 Å². The lowest BCUT2D eigenvalue weighted by atomic mass is 9.89. The summed E-state index contributed by atoms with van der Waals surface area (Å²) in [6, 6.07) is 4.15. The van der Waals surface area contributed by atoms with Crippen LogP contribution < -0.4 is 5.73 Å². The Hall–Kier alpha value is -1.66. The molecule has 0 amide bonds. The molecule has 0 aliphatic heterocycles. The molecule has 17 heavy (non-hydrogen) atoms. The van der Waals surface area contributed by atoms with Gasteiger partial charge in [-0.25, -0.2) is 0 Å². The predicted molar refractivity (Wildman–Crippen MR) is 61.9 cm³/mol. The van der Waals surface area contributed by atoms with E-state index in [-0.39, 0.29) is 22.7 Å². The Morgan fingerprint density at radius 1 is 1.65 bits per heavy atom. The number of rotatable bonds is 4. The molecule has 1 aromatic rings. The average Bonchev–Trinajstić information content (AvgIpc) is 2.14. The van der Waals surface area contributed by atoms with Crippen molar-refractivity contribution in [2.75, 3.05) is 0 Å².